The SMILES string of the molecule is O=C1N[C@H]2C=CC=C[C@H]1C=C2. The summed E-state index contributed by atoms with van der Waals surface area (Å²) in [6, 6.07) is 0.101. The van der Waals surface area contributed by atoms with Gasteiger partial charge in [0, 0.05) is 0 Å². The molecule has 3 aliphatic rings. The third-order valence-corrected chi connectivity index (χ3v) is 1.89. The Morgan fingerprint density at radius 1 is 1.09 bits per heavy atom. The van der Waals surface area contributed by atoms with E-state index >= 15 is 0 Å². The highest BCUT2D eigenvalue weighted by molar-refractivity contribution is 5.84. The Bertz CT molecular complexity index is 263. The lowest BCUT2D eigenvalue weighted by Crippen LogP contribution is -2.39. The summed E-state index contributed by atoms with van der Waals surface area (Å²) in [7, 11) is 0. The molecule has 2 bridgehead atoms. The number of carbonyl (C=O) groups is 1. The zero-order chi connectivity index (χ0) is 7.68. The Balaban J connectivity index is 2.38. The minimum atomic E-state index is -0.0591. The van der Waals surface area contributed by atoms with Gasteiger partial charge in [-0.2, -0.15) is 0 Å². The number of hydrogen-bond donors (Lipinski definition) is 1. The first-order valence-corrected chi connectivity index (χ1v) is 3.70. The van der Waals surface area contributed by atoms with Gasteiger partial charge in [0.15, 0.2) is 0 Å². The maximum Gasteiger partial charge on any atom is 0.231 e. The molecule has 2 heterocycles. The molecule has 0 aromatic heterocycles. The van der Waals surface area contributed by atoms with Crippen LogP contribution in [0.5, 0.6) is 0 Å². The molecule has 0 fully saturated rings. The summed E-state index contributed by atoms with van der Waals surface area (Å²) >= 11 is 0. The van der Waals surface area contributed by atoms with Crippen LogP contribution in [-0.4, -0.2) is 11.9 Å². The highest BCUT2D eigenvalue weighted by Gasteiger charge is 2.19. The van der Waals surface area contributed by atoms with E-state index in [1.54, 1.807) is 0 Å². The Morgan fingerprint density at radius 3 is 2.73 bits per heavy atom. The zero-order valence-electron chi connectivity index (χ0n) is 6.03. The zero-order valence-corrected chi connectivity index (χ0v) is 6.03. The molecule has 11 heavy (non-hydrogen) atoms. The number of carbonyl (C=O) groups excluding carboxylic acids is 1. The van der Waals surface area contributed by atoms with E-state index in [1.807, 2.05) is 36.5 Å². The van der Waals surface area contributed by atoms with Crippen molar-refractivity contribution in [2.45, 2.75) is 6.04 Å². The van der Waals surface area contributed by atoms with E-state index in [4.69, 9.17) is 0 Å². The number of allylic oxidation sites excluding steroid dienone is 2. The Hall–Kier alpha value is -1.31. The van der Waals surface area contributed by atoms with Crippen molar-refractivity contribution < 1.29 is 4.79 Å². The average molecular weight is 147 g/mol. The Kier molecular flexibility index (Phi) is 1.39. The Labute approximate surface area is 65.3 Å². The van der Waals surface area contributed by atoms with Crippen LogP contribution >= 0.6 is 0 Å². The van der Waals surface area contributed by atoms with Gasteiger partial charge >= 0.3 is 0 Å². The Morgan fingerprint density at radius 2 is 1.91 bits per heavy atom. The van der Waals surface area contributed by atoms with Crippen LogP contribution in [0, 0.1) is 5.92 Å². The molecule has 1 aliphatic carbocycles. The van der Waals surface area contributed by atoms with Crippen LogP contribution in [-0.2, 0) is 4.79 Å². The van der Waals surface area contributed by atoms with Crippen molar-refractivity contribution in [1.82, 2.24) is 5.32 Å². The summed E-state index contributed by atoms with van der Waals surface area (Å²) in [6.45, 7) is 0. The third-order valence-electron chi connectivity index (χ3n) is 1.89. The largest absolute Gasteiger partial charge is 0.346 e. The van der Waals surface area contributed by atoms with Crippen molar-refractivity contribution in [2.75, 3.05) is 0 Å². The molecule has 0 saturated heterocycles. The molecule has 1 N–H and O–H groups in total. The van der Waals surface area contributed by atoms with Gasteiger partial charge < -0.3 is 5.32 Å². The van der Waals surface area contributed by atoms with Crippen LogP contribution in [0.25, 0.3) is 0 Å². The highest BCUT2D eigenvalue weighted by Crippen LogP contribution is 2.12. The van der Waals surface area contributed by atoms with Crippen molar-refractivity contribution in [1.29, 1.82) is 0 Å². The smallest absolute Gasteiger partial charge is 0.231 e. The molecule has 0 radical (unpaired) electrons. The van der Waals surface area contributed by atoms with Gasteiger partial charge in [0.25, 0.3) is 0 Å². The lowest BCUT2D eigenvalue weighted by atomic mass is 9.99. The number of fused-ring (bicyclic) bond motifs is 2. The van der Waals surface area contributed by atoms with Gasteiger partial charge in [0.2, 0.25) is 5.91 Å². The first-order chi connectivity index (χ1) is 5.36. The second kappa shape index (κ2) is 2.38. The maximum atomic E-state index is 11.2. The van der Waals surface area contributed by atoms with E-state index in [1.165, 1.54) is 0 Å². The molecule has 2 nitrogen and oxygen atoms in total. The van der Waals surface area contributed by atoms with Gasteiger partial charge in [-0.05, 0) is 0 Å². The van der Waals surface area contributed by atoms with Crippen molar-refractivity contribution >= 4 is 5.91 Å². The second-order valence-corrected chi connectivity index (χ2v) is 2.71. The molecule has 1 amide bonds. The molecule has 0 aromatic carbocycles. The fourth-order valence-corrected chi connectivity index (χ4v) is 1.27. The van der Waals surface area contributed by atoms with Crippen molar-refractivity contribution in [3.63, 3.8) is 0 Å². The predicted molar refractivity (Wildman–Crippen MR) is 42.8 cm³/mol. The van der Waals surface area contributed by atoms with Crippen molar-refractivity contribution in [3.05, 3.63) is 36.5 Å². The van der Waals surface area contributed by atoms with E-state index in [2.05, 4.69) is 5.32 Å². The monoisotopic (exact) mass is 147 g/mol. The summed E-state index contributed by atoms with van der Waals surface area (Å²) in [5.74, 6) is 0.0364. The van der Waals surface area contributed by atoms with Crippen LogP contribution in [0.2, 0.25) is 0 Å². The van der Waals surface area contributed by atoms with Gasteiger partial charge in [-0.15, -0.1) is 0 Å². The van der Waals surface area contributed by atoms with E-state index < -0.39 is 0 Å². The minimum absolute atomic E-state index is 0.0591. The average Bonchev–Trinajstić information content (AvgIpc) is 1.92. The molecule has 2 atom stereocenters. The summed E-state index contributed by atoms with van der Waals surface area (Å²) in [6.07, 6.45) is 11.7. The molecule has 2 heteroatoms. The fourth-order valence-electron chi connectivity index (χ4n) is 1.27. The van der Waals surface area contributed by atoms with Gasteiger partial charge in [-0.3, -0.25) is 4.79 Å². The molecule has 56 valence electrons. The summed E-state index contributed by atoms with van der Waals surface area (Å²) in [4.78, 5) is 11.2. The van der Waals surface area contributed by atoms with Crippen molar-refractivity contribution in [2.24, 2.45) is 5.92 Å². The van der Waals surface area contributed by atoms with E-state index in [-0.39, 0.29) is 17.9 Å². The number of amides is 1. The normalized spacial score (nSPS) is 33.3. The highest BCUT2D eigenvalue weighted by atomic mass is 16.1. The second-order valence-electron chi connectivity index (χ2n) is 2.71. The molecule has 2 aliphatic heterocycles. The third kappa shape index (κ3) is 1.11. The molecular weight excluding hydrogens is 138 g/mol. The van der Waals surface area contributed by atoms with Crippen LogP contribution in [0.1, 0.15) is 0 Å². The summed E-state index contributed by atoms with van der Waals surface area (Å²) in [5, 5.41) is 2.85. The summed E-state index contributed by atoms with van der Waals surface area (Å²) < 4.78 is 0. The first kappa shape index (κ1) is 6.40. The fraction of sp³-hybridized carbons (Fsp3) is 0.222. The molecule has 0 aromatic rings. The number of hydrogen-bond acceptors (Lipinski definition) is 1. The van der Waals surface area contributed by atoms with E-state index in [0.29, 0.717) is 0 Å². The van der Waals surface area contributed by atoms with Gasteiger partial charge in [0.05, 0.1) is 12.0 Å². The van der Waals surface area contributed by atoms with E-state index in [0.717, 1.165) is 0 Å². The molecular formula is C9H9NO. The predicted octanol–water partition coefficient (Wildman–Crippen LogP) is 0.783. The maximum absolute atomic E-state index is 11.2. The van der Waals surface area contributed by atoms with E-state index in [9.17, 15) is 4.79 Å². The minimum Gasteiger partial charge on any atom is -0.346 e. The van der Waals surface area contributed by atoms with Crippen molar-refractivity contribution in [3.8, 4) is 0 Å². The standard InChI is InChI=1S/C9H9NO/c11-9-7-3-1-2-4-8(10-9)6-5-7/h1-8H,(H,10,11)/t7-,8-/m0/s1. The first-order valence-electron chi connectivity index (χ1n) is 3.70. The van der Waals surface area contributed by atoms with Crippen LogP contribution in [0.15, 0.2) is 36.5 Å². The van der Waals surface area contributed by atoms with Crippen LogP contribution in [0.3, 0.4) is 0 Å². The molecule has 0 spiro atoms. The van der Waals surface area contributed by atoms with Crippen LogP contribution in [0.4, 0.5) is 0 Å². The number of nitrogens with one attached hydrogen (secondary N) is 1. The topological polar surface area (TPSA) is 29.1 Å². The lowest BCUT2D eigenvalue weighted by Gasteiger charge is -2.20. The van der Waals surface area contributed by atoms with Crippen LogP contribution < -0.4 is 5.32 Å². The van der Waals surface area contributed by atoms with Gasteiger partial charge in [-0.25, -0.2) is 0 Å². The van der Waals surface area contributed by atoms with Gasteiger partial charge in [-0.1, -0.05) is 36.5 Å². The van der Waals surface area contributed by atoms with Gasteiger partial charge in [0.1, 0.15) is 0 Å². The quantitative estimate of drug-likeness (QED) is 0.504. The molecule has 0 unspecified atom stereocenters. The molecule has 3 rings (SSSR count). The lowest BCUT2D eigenvalue weighted by molar-refractivity contribution is -0.123. The molecule has 0 saturated carbocycles. The summed E-state index contributed by atoms with van der Waals surface area (Å²) in [5.41, 5.74) is 0. The number of rotatable bonds is 0.